The molecule has 3 rings (SSSR count). The normalized spacial score (nSPS) is 11.9. The second-order valence-electron chi connectivity index (χ2n) is 6.40. The van der Waals surface area contributed by atoms with Crippen LogP contribution in [0.15, 0.2) is 45.7 Å². The van der Waals surface area contributed by atoms with E-state index in [1.165, 1.54) is 22.5 Å². The highest BCUT2D eigenvalue weighted by Gasteiger charge is 2.24. The molecule has 1 amide bonds. The molecule has 29 heavy (non-hydrogen) atoms. The number of amides is 1. The largest absolute Gasteiger partial charge is 0.506 e. The number of hydrogen-bond acceptors (Lipinski definition) is 5. The predicted octanol–water partition coefficient (Wildman–Crippen LogP) is 4.38. The van der Waals surface area contributed by atoms with Gasteiger partial charge in [-0.2, -0.15) is 4.31 Å². The fraction of sp³-hybridized carbons (Fsp3) is 0.250. The summed E-state index contributed by atoms with van der Waals surface area (Å²) in [6.45, 7) is 5.80. The highest BCUT2D eigenvalue weighted by atomic mass is 35.5. The number of carbonyl (C=O) groups excluding carboxylic acids is 1. The Balaban J connectivity index is 1.98. The number of phenolic OH excluding ortho intramolecular Hbond substituents is 1. The summed E-state index contributed by atoms with van der Waals surface area (Å²) < 4.78 is 32.4. The van der Waals surface area contributed by atoms with Gasteiger partial charge in [0.25, 0.3) is 5.91 Å². The van der Waals surface area contributed by atoms with Crippen LogP contribution in [0.25, 0.3) is 11.0 Å². The minimum Gasteiger partial charge on any atom is -0.506 e. The lowest BCUT2D eigenvalue weighted by Crippen LogP contribution is -2.30. The molecule has 0 aliphatic carbocycles. The summed E-state index contributed by atoms with van der Waals surface area (Å²) >= 11 is 6.12. The maximum atomic E-state index is 12.8. The summed E-state index contributed by atoms with van der Waals surface area (Å²) in [4.78, 5) is 12.7. The zero-order chi connectivity index (χ0) is 21.3. The van der Waals surface area contributed by atoms with Gasteiger partial charge in [0, 0.05) is 24.0 Å². The van der Waals surface area contributed by atoms with Crippen LogP contribution in [-0.2, 0) is 10.0 Å². The van der Waals surface area contributed by atoms with Crippen molar-refractivity contribution < 1.29 is 22.7 Å². The first kappa shape index (κ1) is 21.2. The Morgan fingerprint density at radius 2 is 1.90 bits per heavy atom. The second kappa shape index (κ2) is 8.06. The number of aryl methyl sites for hydroxylation is 1. The Kier molecular flexibility index (Phi) is 5.88. The molecular weight excluding hydrogens is 416 g/mol. The first-order chi connectivity index (χ1) is 13.7. The van der Waals surface area contributed by atoms with Crippen LogP contribution in [0.5, 0.6) is 5.75 Å². The molecule has 3 aromatic rings. The van der Waals surface area contributed by atoms with Gasteiger partial charge in [-0.3, -0.25) is 4.79 Å². The molecule has 0 saturated carbocycles. The summed E-state index contributed by atoms with van der Waals surface area (Å²) in [6, 6.07) is 8.95. The Hall–Kier alpha value is -2.55. The highest BCUT2D eigenvalue weighted by molar-refractivity contribution is 7.89. The molecule has 0 atom stereocenters. The number of sulfonamides is 1. The van der Waals surface area contributed by atoms with Gasteiger partial charge in [0.1, 0.15) is 5.75 Å². The van der Waals surface area contributed by atoms with E-state index >= 15 is 0 Å². The molecule has 0 saturated heterocycles. The summed E-state index contributed by atoms with van der Waals surface area (Å²) in [7, 11) is -3.75. The lowest BCUT2D eigenvalue weighted by atomic mass is 10.1. The van der Waals surface area contributed by atoms with E-state index in [-0.39, 0.29) is 22.1 Å². The maximum absolute atomic E-state index is 12.8. The fourth-order valence-corrected chi connectivity index (χ4v) is 4.79. The number of rotatable bonds is 6. The topological polar surface area (TPSA) is 99.9 Å². The Bertz CT molecular complexity index is 1180. The number of carbonyl (C=O) groups is 1. The lowest BCUT2D eigenvalue weighted by Gasteiger charge is -2.19. The Morgan fingerprint density at radius 1 is 1.21 bits per heavy atom. The van der Waals surface area contributed by atoms with Gasteiger partial charge in [0.15, 0.2) is 11.3 Å². The molecule has 0 bridgehead atoms. The third-order valence-electron chi connectivity index (χ3n) is 4.68. The van der Waals surface area contributed by atoms with Gasteiger partial charge in [0.05, 0.1) is 15.6 Å². The van der Waals surface area contributed by atoms with Gasteiger partial charge >= 0.3 is 0 Å². The molecule has 1 heterocycles. The minimum absolute atomic E-state index is 0.0290. The van der Waals surface area contributed by atoms with E-state index in [2.05, 4.69) is 5.32 Å². The summed E-state index contributed by atoms with van der Waals surface area (Å²) in [5.74, 6) is -0.851. The number of fused-ring (bicyclic) bond motifs is 1. The van der Waals surface area contributed by atoms with E-state index in [1.54, 1.807) is 39.0 Å². The fourth-order valence-electron chi connectivity index (χ4n) is 3.09. The molecule has 2 aromatic carbocycles. The van der Waals surface area contributed by atoms with Gasteiger partial charge in [-0.15, -0.1) is 0 Å². The number of hydrogen-bond donors (Lipinski definition) is 2. The van der Waals surface area contributed by atoms with Crippen molar-refractivity contribution in [3.8, 4) is 5.75 Å². The summed E-state index contributed by atoms with van der Waals surface area (Å²) in [5.41, 5.74) is 0.944. The van der Waals surface area contributed by atoms with Gasteiger partial charge in [-0.05, 0) is 31.2 Å². The van der Waals surface area contributed by atoms with Crippen LogP contribution in [-0.4, -0.2) is 36.8 Å². The number of aromatic hydroxyl groups is 1. The van der Waals surface area contributed by atoms with Crippen LogP contribution in [0.1, 0.15) is 30.0 Å². The first-order valence-electron chi connectivity index (χ1n) is 9.02. The van der Waals surface area contributed by atoms with Gasteiger partial charge in [-0.1, -0.05) is 37.6 Å². The average molecular weight is 437 g/mol. The van der Waals surface area contributed by atoms with Crippen molar-refractivity contribution in [1.29, 1.82) is 0 Å². The maximum Gasteiger partial charge on any atom is 0.291 e. The third-order valence-corrected chi connectivity index (χ3v) is 7.02. The molecule has 154 valence electrons. The summed E-state index contributed by atoms with van der Waals surface area (Å²) in [5, 5.41) is 13.7. The smallest absolute Gasteiger partial charge is 0.291 e. The van der Waals surface area contributed by atoms with Crippen molar-refractivity contribution in [3.05, 3.63) is 52.7 Å². The molecular formula is C20H21ClN2O5S. The molecule has 0 spiro atoms. The van der Waals surface area contributed by atoms with Crippen molar-refractivity contribution in [2.24, 2.45) is 0 Å². The predicted molar refractivity (Wildman–Crippen MR) is 112 cm³/mol. The molecule has 1 aromatic heterocycles. The molecule has 0 radical (unpaired) electrons. The Labute approximate surface area is 173 Å². The lowest BCUT2D eigenvalue weighted by molar-refractivity contribution is 0.0997. The van der Waals surface area contributed by atoms with Crippen LogP contribution in [0.3, 0.4) is 0 Å². The molecule has 2 N–H and O–H groups in total. The van der Waals surface area contributed by atoms with Crippen molar-refractivity contribution in [2.75, 3.05) is 18.4 Å². The van der Waals surface area contributed by atoms with E-state index in [0.717, 1.165) is 0 Å². The van der Waals surface area contributed by atoms with Crippen LogP contribution in [0, 0.1) is 6.92 Å². The number of phenols is 1. The van der Waals surface area contributed by atoms with Gasteiger partial charge < -0.3 is 14.8 Å². The van der Waals surface area contributed by atoms with Gasteiger partial charge in [0.2, 0.25) is 10.0 Å². The molecule has 0 unspecified atom stereocenters. The minimum atomic E-state index is -3.75. The quantitative estimate of drug-likeness (QED) is 0.558. The van der Waals surface area contributed by atoms with E-state index in [4.69, 9.17) is 16.0 Å². The SMILES string of the molecule is CCN(CC)S(=O)(=O)c1ccc(O)c(NC(=O)c2oc3c(Cl)cccc3c2C)c1. The zero-order valence-electron chi connectivity index (χ0n) is 16.2. The van der Waals surface area contributed by atoms with E-state index in [9.17, 15) is 18.3 Å². The van der Waals surface area contributed by atoms with Crippen LogP contribution in [0.4, 0.5) is 5.69 Å². The number of furan rings is 1. The number of nitrogens with zero attached hydrogens (tertiary/aromatic N) is 1. The first-order valence-corrected chi connectivity index (χ1v) is 10.8. The number of benzene rings is 2. The zero-order valence-corrected chi connectivity index (χ0v) is 17.8. The molecule has 9 heteroatoms. The van der Waals surface area contributed by atoms with Crippen molar-refractivity contribution >= 4 is 44.2 Å². The number of para-hydroxylation sites is 1. The summed E-state index contributed by atoms with van der Waals surface area (Å²) in [6.07, 6.45) is 0. The van der Waals surface area contributed by atoms with Crippen molar-refractivity contribution in [3.63, 3.8) is 0 Å². The second-order valence-corrected chi connectivity index (χ2v) is 8.74. The Morgan fingerprint density at radius 3 is 2.52 bits per heavy atom. The molecule has 7 nitrogen and oxygen atoms in total. The van der Waals surface area contributed by atoms with Crippen LogP contribution >= 0.6 is 11.6 Å². The van der Waals surface area contributed by atoms with Crippen molar-refractivity contribution in [2.45, 2.75) is 25.7 Å². The van der Waals surface area contributed by atoms with Crippen molar-refractivity contribution in [1.82, 2.24) is 4.31 Å². The number of anilines is 1. The molecule has 0 aliphatic rings. The average Bonchev–Trinajstić information content (AvgIpc) is 3.02. The standard InChI is InChI=1S/C20H21ClN2O5S/c1-4-23(5-2)29(26,27)13-9-10-17(24)16(11-13)22-20(25)18-12(3)14-7-6-8-15(21)19(14)28-18/h6-11,24H,4-5H2,1-3H3,(H,22,25). The molecule has 0 aliphatic heterocycles. The van der Waals surface area contributed by atoms with Crippen LogP contribution in [0.2, 0.25) is 5.02 Å². The van der Waals surface area contributed by atoms with E-state index in [0.29, 0.717) is 34.6 Å². The monoisotopic (exact) mass is 436 g/mol. The van der Waals surface area contributed by atoms with Crippen LogP contribution < -0.4 is 5.32 Å². The third kappa shape index (κ3) is 3.83. The molecule has 0 fully saturated rings. The van der Waals surface area contributed by atoms with E-state index < -0.39 is 15.9 Å². The number of halogens is 1. The number of nitrogens with one attached hydrogen (secondary N) is 1. The van der Waals surface area contributed by atoms with E-state index in [1.807, 2.05) is 0 Å². The highest BCUT2D eigenvalue weighted by Crippen LogP contribution is 2.33. The van der Waals surface area contributed by atoms with Gasteiger partial charge in [-0.25, -0.2) is 8.42 Å².